The maximum atomic E-state index is 13.0. The Kier molecular flexibility index (Phi) is 6.80. The minimum absolute atomic E-state index is 0.00965. The van der Waals surface area contributed by atoms with E-state index in [1.54, 1.807) is 0 Å². The number of fused-ring (bicyclic) bond motifs is 1. The van der Waals surface area contributed by atoms with Crippen LogP contribution in [0.5, 0.6) is 5.75 Å². The van der Waals surface area contributed by atoms with Crippen LogP contribution in [0.15, 0.2) is 47.4 Å². The highest BCUT2D eigenvalue weighted by atomic mass is 32.2. The maximum absolute atomic E-state index is 13.0. The number of amides is 1. The van der Waals surface area contributed by atoms with Gasteiger partial charge < -0.3 is 15.2 Å². The highest BCUT2D eigenvalue weighted by molar-refractivity contribution is 7.89. The summed E-state index contributed by atoms with van der Waals surface area (Å²) < 4.78 is 33.1. The zero-order chi connectivity index (χ0) is 21.9. The Balaban J connectivity index is 1.84. The van der Waals surface area contributed by atoms with Crippen LogP contribution in [0.25, 0.3) is 0 Å². The van der Waals surface area contributed by atoms with Crippen molar-refractivity contribution < 1.29 is 23.1 Å². The lowest BCUT2D eigenvalue weighted by Crippen LogP contribution is -2.34. The van der Waals surface area contributed by atoms with E-state index in [9.17, 15) is 18.3 Å². The zero-order valence-corrected chi connectivity index (χ0v) is 18.2. The van der Waals surface area contributed by atoms with E-state index < -0.39 is 28.1 Å². The van der Waals surface area contributed by atoms with Crippen LogP contribution in [-0.2, 0) is 16.4 Å². The summed E-state index contributed by atoms with van der Waals surface area (Å²) in [5, 5.41) is 13.2. The van der Waals surface area contributed by atoms with E-state index >= 15 is 0 Å². The topological polar surface area (TPSA) is 105 Å². The number of benzene rings is 2. The van der Waals surface area contributed by atoms with Gasteiger partial charge >= 0.3 is 0 Å². The number of rotatable bonds is 8. The summed E-state index contributed by atoms with van der Waals surface area (Å²) in [5.41, 5.74) is 1.94. The first kappa shape index (κ1) is 22.3. The van der Waals surface area contributed by atoms with Crippen molar-refractivity contribution in [2.24, 2.45) is 5.92 Å². The van der Waals surface area contributed by atoms with E-state index in [0.29, 0.717) is 25.3 Å². The van der Waals surface area contributed by atoms with Crippen molar-refractivity contribution in [1.29, 1.82) is 0 Å². The minimum atomic E-state index is -3.76. The molecule has 7 nitrogen and oxygen atoms in total. The summed E-state index contributed by atoms with van der Waals surface area (Å²) in [6, 6.07) is 11.1. The van der Waals surface area contributed by atoms with E-state index in [4.69, 9.17) is 4.74 Å². The molecule has 1 amide bonds. The van der Waals surface area contributed by atoms with Gasteiger partial charge in [-0.2, -0.15) is 0 Å². The fraction of sp³-hybridized carbons (Fsp3) is 0.409. The molecule has 1 aliphatic rings. The first-order valence-corrected chi connectivity index (χ1v) is 11.5. The SMILES string of the molecule is COc1ccc(S(=O)(=O)NCCC(C)C)cc1C(=O)N[C@H]1c2ccccc2C[C@H]1O. The number of methoxy groups -OCH3 is 1. The molecule has 0 saturated heterocycles. The maximum Gasteiger partial charge on any atom is 0.255 e. The number of aliphatic hydroxyl groups excluding tert-OH is 1. The number of hydrogen-bond donors (Lipinski definition) is 3. The molecule has 8 heteroatoms. The third-order valence-electron chi connectivity index (χ3n) is 5.23. The first-order chi connectivity index (χ1) is 14.2. The van der Waals surface area contributed by atoms with E-state index in [-0.39, 0.29) is 16.2 Å². The lowest BCUT2D eigenvalue weighted by Gasteiger charge is -2.19. The van der Waals surface area contributed by atoms with Gasteiger partial charge in [0.05, 0.1) is 29.7 Å². The normalized spacial score (nSPS) is 18.3. The van der Waals surface area contributed by atoms with Crippen molar-refractivity contribution in [1.82, 2.24) is 10.0 Å². The molecule has 2 aromatic rings. The van der Waals surface area contributed by atoms with Crippen LogP contribution in [0.3, 0.4) is 0 Å². The first-order valence-electron chi connectivity index (χ1n) is 9.97. The Bertz CT molecular complexity index is 1020. The summed E-state index contributed by atoms with van der Waals surface area (Å²) >= 11 is 0. The molecule has 162 valence electrons. The highest BCUT2D eigenvalue weighted by Crippen LogP contribution is 2.32. The monoisotopic (exact) mass is 432 g/mol. The highest BCUT2D eigenvalue weighted by Gasteiger charge is 2.33. The van der Waals surface area contributed by atoms with Crippen molar-refractivity contribution in [3.8, 4) is 5.75 Å². The van der Waals surface area contributed by atoms with Crippen molar-refractivity contribution in [3.63, 3.8) is 0 Å². The molecule has 1 aliphatic carbocycles. The molecule has 0 fully saturated rings. The van der Waals surface area contributed by atoms with Crippen LogP contribution >= 0.6 is 0 Å². The number of ether oxygens (including phenoxy) is 1. The molecule has 0 radical (unpaired) electrons. The molecule has 0 bridgehead atoms. The molecule has 0 spiro atoms. The fourth-order valence-corrected chi connectivity index (χ4v) is 4.64. The van der Waals surface area contributed by atoms with Gasteiger partial charge in [-0.05, 0) is 41.7 Å². The third kappa shape index (κ3) is 4.83. The largest absolute Gasteiger partial charge is 0.496 e. The van der Waals surface area contributed by atoms with Gasteiger partial charge in [-0.15, -0.1) is 0 Å². The number of carbonyl (C=O) groups excluding carboxylic acids is 1. The van der Waals surface area contributed by atoms with Gasteiger partial charge in [-0.25, -0.2) is 13.1 Å². The van der Waals surface area contributed by atoms with Crippen molar-refractivity contribution in [2.45, 2.75) is 43.7 Å². The van der Waals surface area contributed by atoms with Crippen LogP contribution in [0.2, 0.25) is 0 Å². The van der Waals surface area contributed by atoms with Gasteiger partial charge in [0.2, 0.25) is 10.0 Å². The van der Waals surface area contributed by atoms with Crippen LogP contribution in [0, 0.1) is 5.92 Å². The molecule has 0 heterocycles. The average molecular weight is 433 g/mol. The molecular formula is C22H28N2O5S. The summed E-state index contributed by atoms with van der Waals surface area (Å²) in [5.74, 6) is 0.117. The number of sulfonamides is 1. The number of aliphatic hydroxyl groups is 1. The third-order valence-corrected chi connectivity index (χ3v) is 6.69. The molecule has 0 unspecified atom stereocenters. The van der Waals surface area contributed by atoms with Gasteiger partial charge in [0.1, 0.15) is 5.75 Å². The van der Waals surface area contributed by atoms with Crippen LogP contribution in [0.4, 0.5) is 0 Å². The summed E-state index contributed by atoms with van der Waals surface area (Å²) in [7, 11) is -2.34. The number of nitrogens with one attached hydrogen (secondary N) is 2. The molecule has 0 saturated carbocycles. The second-order valence-electron chi connectivity index (χ2n) is 7.86. The van der Waals surface area contributed by atoms with E-state index in [1.165, 1.54) is 25.3 Å². The lowest BCUT2D eigenvalue weighted by atomic mass is 10.1. The molecule has 0 aromatic heterocycles. The summed E-state index contributed by atoms with van der Waals surface area (Å²) in [4.78, 5) is 13.0. The average Bonchev–Trinajstić information content (AvgIpc) is 3.02. The van der Waals surface area contributed by atoms with Crippen molar-refractivity contribution in [2.75, 3.05) is 13.7 Å². The number of hydrogen-bond acceptors (Lipinski definition) is 5. The Morgan fingerprint density at radius 3 is 2.67 bits per heavy atom. The standard InChI is InChI=1S/C22H28N2O5S/c1-14(2)10-11-23-30(27,28)16-8-9-20(29-3)18(13-16)22(26)24-21-17-7-5-4-6-15(17)12-19(21)25/h4-9,13-14,19,21,23,25H,10-12H2,1-3H3,(H,24,26)/t19-,21+/m1/s1. The van der Waals surface area contributed by atoms with Crippen LogP contribution in [-0.4, -0.2) is 39.2 Å². The smallest absolute Gasteiger partial charge is 0.255 e. The molecule has 2 atom stereocenters. The van der Waals surface area contributed by atoms with Crippen molar-refractivity contribution >= 4 is 15.9 Å². The van der Waals surface area contributed by atoms with Crippen molar-refractivity contribution in [3.05, 3.63) is 59.2 Å². The fourth-order valence-electron chi connectivity index (χ4n) is 3.56. The second kappa shape index (κ2) is 9.16. The lowest BCUT2D eigenvalue weighted by molar-refractivity contribution is 0.0855. The predicted molar refractivity (Wildman–Crippen MR) is 114 cm³/mol. The Morgan fingerprint density at radius 1 is 1.23 bits per heavy atom. The predicted octanol–water partition coefficient (Wildman–Crippen LogP) is 2.41. The summed E-state index contributed by atoms with van der Waals surface area (Å²) in [6.45, 7) is 4.35. The molecule has 30 heavy (non-hydrogen) atoms. The minimum Gasteiger partial charge on any atom is -0.496 e. The Labute approximate surface area is 177 Å². The van der Waals surface area contributed by atoms with Gasteiger partial charge in [0.15, 0.2) is 0 Å². The second-order valence-corrected chi connectivity index (χ2v) is 9.63. The van der Waals surface area contributed by atoms with Crippen LogP contribution in [0.1, 0.15) is 47.8 Å². The van der Waals surface area contributed by atoms with E-state index in [2.05, 4.69) is 10.0 Å². The van der Waals surface area contributed by atoms with Gasteiger partial charge in [0.25, 0.3) is 5.91 Å². The molecule has 0 aliphatic heterocycles. The number of carbonyl (C=O) groups is 1. The van der Waals surface area contributed by atoms with Gasteiger partial charge in [-0.1, -0.05) is 38.1 Å². The van der Waals surface area contributed by atoms with Gasteiger partial charge in [0, 0.05) is 13.0 Å². The molecular weight excluding hydrogens is 404 g/mol. The Morgan fingerprint density at radius 2 is 1.97 bits per heavy atom. The summed E-state index contributed by atoms with van der Waals surface area (Å²) in [6.07, 6.45) is 0.413. The quantitative estimate of drug-likeness (QED) is 0.594. The van der Waals surface area contributed by atoms with Crippen LogP contribution < -0.4 is 14.8 Å². The van der Waals surface area contributed by atoms with E-state index in [1.807, 2.05) is 38.1 Å². The zero-order valence-electron chi connectivity index (χ0n) is 17.4. The molecule has 3 rings (SSSR count). The molecule has 2 aromatic carbocycles. The van der Waals surface area contributed by atoms with Gasteiger partial charge in [-0.3, -0.25) is 4.79 Å². The Hall–Kier alpha value is -2.42. The van der Waals surface area contributed by atoms with E-state index in [0.717, 1.165) is 11.1 Å². The molecule has 3 N–H and O–H groups in total.